The first-order chi connectivity index (χ1) is 7.98. The Kier molecular flexibility index (Phi) is 3.76. The van der Waals surface area contributed by atoms with Crippen molar-refractivity contribution in [2.24, 2.45) is 0 Å². The molecule has 0 saturated carbocycles. The van der Waals surface area contributed by atoms with Crippen LogP contribution in [0.4, 0.5) is 5.69 Å². The Hall–Kier alpha value is -0.580. The number of hydrogen-bond acceptors (Lipinski definition) is 3. The Morgan fingerprint density at radius 1 is 1.47 bits per heavy atom. The van der Waals surface area contributed by atoms with Crippen LogP contribution in [0.5, 0.6) is 0 Å². The van der Waals surface area contributed by atoms with Gasteiger partial charge in [0.15, 0.2) is 0 Å². The average Bonchev–Trinajstić information content (AvgIpc) is 2.43. The second-order valence-electron chi connectivity index (χ2n) is 5.03. The van der Waals surface area contributed by atoms with Crippen molar-refractivity contribution in [1.29, 1.82) is 0 Å². The molecule has 0 spiro atoms. The van der Waals surface area contributed by atoms with Crippen molar-refractivity contribution in [2.45, 2.75) is 19.4 Å². The van der Waals surface area contributed by atoms with Crippen LogP contribution in [0.15, 0.2) is 22.7 Å². The number of hydrogen-bond donors (Lipinski definition) is 2. The summed E-state index contributed by atoms with van der Waals surface area (Å²) >= 11 is 3.56. The molecular formula is C13H19BrN2O. The summed E-state index contributed by atoms with van der Waals surface area (Å²) in [4.78, 5) is 2.23. The highest BCUT2D eigenvalue weighted by atomic mass is 79.9. The molecule has 94 valence electrons. The molecule has 0 amide bonds. The van der Waals surface area contributed by atoms with Crippen molar-refractivity contribution in [3.8, 4) is 0 Å². The summed E-state index contributed by atoms with van der Waals surface area (Å²) in [5, 5.41) is 13.5. The first-order valence-electron chi connectivity index (χ1n) is 5.92. The smallest absolute Gasteiger partial charge is 0.0917 e. The predicted octanol–water partition coefficient (Wildman–Crippen LogP) is 1.92. The van der Waals surface area contributed by atoms with Gasteiger partial charge in [0.1, 0.15) is 0 Å². The highest BCUT2D eigenvalue weighted by molar-refractivity contribution is 9.10. The molecular weight excluding hydrogens is 280 g/mol. The van der Waals surface area contributed by atoms with E-state index in [0.717, 1.165) is 23.2 Å². The zero-order valence-electron chi connectivity index (χ0n) is 10.3. The van der Waals surface area contributed by atoms with Gasteiger partial charge in [0.25, 0.3) is 0 Å². The van der Waals surface area contributed by atoms with Crippen LogP contribution in [0, 0.1) is 6.92 Å². The molecule has 2 N–H and O–H groups in total. The third kappa shape index (κ3) is 3.21. The fourth-order valence-electron chi connectivity index (χ4n) is 2.12. The van der Waals surface area contributed by atoms with Gasteiger partial charge in [-0.15, -0.1) is 0 Å². The van der Waals surface area contributed by atoms with E-state index < -0.39 is 5.60 Å². The molecule has 1 aliphatic heterocycles. The van der Waals surface area contributed by atoms with E-state index in [-0.39, 0.29) is 0 Å². The van der Waals surface area contributed by atoms with Crippen LogP contribution in [0.2, 0.25) is 0 Å². The molecule has 0 radical (unpaired) electrons. The molecule has 1 aromatic rings. The lowest BCUT2D eigenvalue weighted by Crippen LogP contribution is -2.43. The molecule has 1 fully saturated rings. The molecule has 4 heteroatoms. The van der Waals surface area contributed by atoms with Crippen LogP contribution in [-0.4, -0.2) is 36.9 Å². The number of β-amino-alcohol motifs (C(OH)–C–C–N with tert-alkyl or cyclic N) is 1. The summed E-state index contributed by atoms with van der Waals surface area (Å²) < 4.78 is 1.12. The number of aliphatic hydroxyl groups is 1. The van der Waals surface area contributed by atoms with Gasteiger partial charge in [-0.25, -0.2) is 0 Å². The molecule has 17 heavy (non-hydrogen) atoms. The highest BCUT2D eigenvalue weighted by Gasteiger charge is 2.26. The minimum atomic E-state index is -0.673. The van der Waals surface area contributed by atoms with Crippen molar-refractivity contribution in [2.75, 3.05) is 31.1 Å². The van der Waals surface area contributed by atoms with Crippen molar-refractivity contribution in [3.05, 3.63) is 28.2 Å². The van der Waals surface area contributed by atoms with Gasteiger partial charge in [0.05, 0.1) is 5.60 Å². The van der Waals surface area contributed by atoms with Gasteiger partial charge in [-0.1, -0.05) is 22.0 Å². The molecule has 2 rings (SSSR count). The predicted molar refractivity (Wildman–Crippen MR) is 74.6 cm³/mol. The Labute approximate surface area is 111 Å². The molecule has 1 heterocycles. The lowest BCUT2D eigenvalue weighted by molar-refractivity contribution is 0.0729. The molecule has 1 aromatic carbocycles. The van der Waals surface area contributed by atoms with E-state index in [1.807, 2.05) is 6.92 Å². The number of anilines is 1. The van der Waals surface area contributed by atoms with Gasteiger partial charge in [-0.3, -0.25) is 0 Å². The molecule has 1 unspecified atom stereocenters. The van der Waals surface area contributed by atoms with Crippen LogP contribution in [-0.2, 0) is 0 Å². The Balaban J connectivity index is 2.22. The van der Waals surface area contributed by atoms with Crippen molar-refractivity contribution in [3.63, 3.8) is 0 Å². The Morgan fingerprint density at radius 2 is 2.24 bits per heavy atom. The Morgan fingerprint density at radius 3 is 2.94 bits per heavy atom. The van der Waals surface area contributed by atoms with Crippen LogP contribution in [0.1, 0.15) is 12.5 Å². The monoisotopic (exact) mass is 298 g/mol. The fraction of sp³-hybridized carbons (Fsp3) is 0.538. The van der Waals surface area contributed by atoms with E-state index in [2.05, 4.69) is 51.3 Å². The standard InChI is InChI=1S/C13H19BrN2O/c1-10-3-4-11(7-12(10)14)16-6-5-15-8-13(2,17)9-16/h3-4,7,15,17H,5-6,8-9H2,1-2H3. The topological polar surface area (TPSA) is 35.5 Å². The van der Waals surface area contributed by atoms with Crippen LogP contribution < -0.4 is 10.2 Å². The summed E-state index contributed by atoms with van der Waals surface area (Å²) in [6.07, 6.45) is 0. The van der Waals surface area contributed by atoms with Crippen LogP contribution in [0.3, 0.4) is 0 Å². The molecule has 1 saturated heterocycles. The second-order valence-corrected chi connectivity index (χ2v) is 5.88. The molecule has 0 aromatic heterocycles. The molecule has 1 aliphatic rings. The van der Waals surface area contributed by atoms with Gasteiger partial charge < -0.3 is 15.3 Å². The zero-order chi connectivity index (χ0) is 12.5. The first kappa shape index (κ1) is 12.9. The van der Waals surface area contributed by atoms with Crippen molar-refractivity contribution in [1.82, 2.24) is 5.32 Å². The van der Waals surface area contributed by atoms with Gasteiger partial charge in [0.2, 0.25) is 0 Å². The van der Waals surface area contributed by atoms with Gasteiger partial charge >= 0.3 is 0 Å². The number of nitrogens with one attached hydrogen (secondary N) is 1. The van der Waals surface area contributed by atoms with Crippen molar-refractivity contribution >= 4 is 21.6 Å². The zero-order valence-corrected chi connectivity index (χ0v) is 11.9. The number of rotatable bonds is 1. The summed E-state index contributed by atoms with van der Waals surface area (Å²) in [5.74, 6) is 0. The quantitative estimate of drug-likeness (QED) is 0.831. The number of benzene rings is 1. The maximum absolute atomic E-state index is 10.2. The molecule has 1 atom stereocenters. The van der Waals surface area contributed by atoms with Crippen LogP contribution in [0.25, 0.3) is 0 Å². The lowest BCUT2D eigenvalue weighted by Gasteiger charge is -2.29. The summed E-state index contributed by atoms with van der Waals surface area (Å²) in [7, 11) is 0. The summed E-state index contributed by atoms with van der Waals surface area (Å²) in [6.45, 7) is 7.09. The summed E-state index contributed by atoms with van der Waals surface area (Å²) in [5.41, 5.74) is 1.72. The number of halogens is 1. The van der Waals surface area contributed by atoms with Gasteiger partial charge in [-0.05, 0) is 31.5 Å². The third-order valence-corrected chi connectivity index (χ3v) is 3.97. The highest BCUT2D eigenvalue weighted by Crippen LogP contribution is 2.25. The average molecular weight is 299 g/mol. The van der Waals surface area contributed by atoms with Crippen molar-refractivity contribution < 1.29 is 5.11 Å². The molecule has 3 nitrogen and oxygen atoms in total. The van der Waals surface area contributed by atoms with E-state index >= 15 is 0 Å². The number of aryl methyl sites for hydroxylation is 1. The normalized spacial score (nSPS) is 25.8. The van der Waals surface area contributed by atoms with E-state index in [9.17, 15) is 5.11 Å². The van der Waals surface area contributed by atoms with Gasteiger partial charge in [0, 0.05) is 36.3 Å². The van der Waals surface area contributed by atoms with E-state index in [1.165, 1.54) is 5.56 Å². The van der Waals surface area contributed by atoms with E-state index in [0.29, 0.717) is 13.1 Å². The van der Waals surface area contributed by atoms with E-state index in [1.54, 1.807) is 0 Å². The minimum Gasteiger partial charge on any atom is -0.387 e. The lowest BCUT2D eigenvalue weighted by atomic mass is 10.1. The maximum Gasteiger partial charge on any atom is 0.0917 e. The Bertz CT molecular complexity index is 406. The summed E-state index contributed by atoms with van der Waals surface area (Å²) in [6, 6.07) is 6.34. The molecule has 0 aliphatic carbocycles. The first-order valence-corrected chi connectivity index (χ1v) is 6.71. The second kappa shape index (κ2) is 4.96. The minimum absolute atomic E-state index is 0.649. The maximum atomic E-state index is 10.2. The van der Waals surface area contributed by atoms with Crippen LogP contribution >= 0.6 is 15.9 Å². The van der Waals surface area contributed by atoms with E-state index in [4.69, 9.17) is 0 Å². The number of nitrogens with zero attached hydrogens (tertiary/aromatic N) is 1. The third-order valence-electron chi connectivity index (χ3n) is 3.12. The largest absolute Gasteiger partial charge is 0.387 e. The van der Waals surface area contributed by atoms with Gasteiger partial charge in [-0.2, -0.15) is 0 Å². The SMILES string of the molecule is Cc1ccc(N2CCNCC(C)(O)C2)cc1Br. The fourth-order valence-corrected chi connectivity index (χ4v) is 2.48. The molecule has 0 bridgehead atoms.